The summed E-state index contributed by atoms with van der Waals surface area (Å²) in [6, 6.07) is 12.1. The highest BCUT2D eigenvalue weighted by Gasteiger charge is 2.13. The molecule has 27 heavy (non-hydrogen) atoms. The van der Waals surface area contributed by atoms with Crippen molar-refractivity contribution in [2.24, 2.45) is 0 Å². The van der Waals surface area contributed by atoms with E-state index >= 15 is 0 Å². The Labute approximate surface area is 156 Å². The maximum Gasteiger partial charge on any atom is 0.295 e. The quantitative estimate of drug-likeness (QED) is 0.477. The van der Waals surface area contributed by atoms with Gasteiger partial charge in [-0.3, -0.25) is 10.1 Å². The van der Waals surface area contributed by atoms with Gasteiger partial charge in [0.25, 0.3) is 5.69 Å². The average molecular weight is 366 g/mol. The largest absolute Gasteiger partial charge is 0.493 e. The molecule has 0 aliphatic carbocycles. The smallest absolute Gasteiger partial charge is 0.295 e. The van der Waals surface area contributed by atoms with E-state index in [4.69, 9.17) is 14.2 Å². The molecule has 138 valence electrons. The van der Waals surface area contributed by atoms with Crippen LogP contribution in [0.2, 0.25) is 0 Å². The lowest BCUT2D eigenvalue weighted by molar-refractivity contribution is -0.383. The van der Waals surface area contributed by atoms with Crippen molar-refractivity contribution in [3.8, 4) is 17.2 Å². The van der Waals surface area contributed by atoms with Crippen LogP contribution in [0.3, 0.4) is 0 Å². The second-order valence-electron chi connectivity index (χ2n) is 5.63. The Kier molecular flexibility index (Phi) is 5.21. The van der Waals surface area contributed by atoms with Crippen LogP contribution < -0.4 is 14.2 Å². The number of non-ortho nitro benzene ring substituents is 1. The summed E-state index contributed by atoms with van der Waals surface area (Å²) in [6.07, 6.45) is 3.60. The first kappa shape index (κ1) is 18.2. The summed E-state index contributed by atoms with van der Waals surface area (Å²) in [5.41, 5.74) is 1.75. The average Bonchev–Trinajstić information content (AvgIpc) is 2.70. The minimum Gasteiger partial charge on any atom is -0.493 e. The predicted octanol–water partition coefficient (Wildman–Crippen LogP) is 4.34. The van der Waals surface area contributed by atoms with Crippen LogP contribution in [0, 0.1) is 10.1 Å². The topological polar surface area (TPSA) is 83.7 Å². The van der Waals surface area contributed by atoms with Crippen LogP contribution in [0.15, 0.2) is 42.5 Å². The Morgan fingerprint density at radius 3 is 2.26 bits per heavy atom. The maximum absolute atomic E-state index is 11.2. The molecule has 0 saturated carbocycles. The number of hydrogen-bond acceptors (Lipinski definition) is 6. The van der Waals surface area contributed by atoms with E-state index in [1.807, 2.05) is 12.1 Å². The van der Waals surface area contributed by atoms with Crippen molar-refractivity contribution in [2.45, 2.75) is 0 Å². The van der Waals surface area contributed by atoms with E-state index in [1.165, 1.54) is 6.07 Å². The third kappa shape index (κ3) is 3.67. The van der Waals surface area contributed by atoms with Crippen molar-refractivity contribution in [1.82, 2.24) is 4.98 Å². The van der Waals surface area contributed by atoms with Crippen molar-refractivity contribution in [2.75, 3.05) is 21.3 Å². The summed E-state index contributed by atoms with van der Waals surface area (Å²) in [4.78, 5) is 15.2. The minimum atomic E-state index is -0.429. The highest BCUT2D eigenvalue weighted by Crippen LogP contribution is 2.38. The number of benzene rings is 2. The molecule has 3 aromatic rings. The standard InChI is InChI=1S/C20H18N2O5/c1-25-17-11-13(12-18(26-2)20(17)27-3)7-9-15-10-8-14-5-4-6-16(22(23)24)19(14)21-15/h4-12H,1-3H3/b9-7+. The zero-order valence-electron chi connectivity index (χ0n) is 15.1. The van der Waals surface area contributed by atoms with E-state index in [1.54, 1.807) is 57.7 Å². The first-order valence-electron chi connectivity index (χ1n) is 8.09. The summed E-state index contributed by atoms with van der Waals surface area (Å²) in [6.45, 7) is 0. The van der Waals surface area contributed by atoms with Gasteiger partial charge < -0.3 is 14.2 Å². The second-order valence-corrected chi connectivity index (χ2v) is 5.63. The Morgan fingerprint density at radius 2 is 1.67 bits per heavy atom. The molecular weight excluding hydrogens is 348 g/mol. The van der Waals surface area contributed by atoms with Gasteiger partial charge in [0, 0.05) is 11.5 Å². The SMILES string of the molecule is COc1cc(/C=C/c2ccc3cccc([N+](=O)[O-])c3n2)cc(OC)c1OC. The highest BCUT2D eigenvalue weighted by atomic mass is 16.6. The van der Waals surface area contributed by atoms with Gasteiger partial charge in [-0.1, -0.05) is 24.3 Å². The molecule has 0 atom stereocenters. The predicted molar refractivity (Wildman–Crippen MR) is 103 cm³/mol. The fourth-order valence-corrected chi connectivity index (χ4v) is 2.77. The molecule has 0 aliphatic rings. The van der Waals surface area contributed by atoms with Gasteiger partial charge >= 0.3 is 0 Å². The Bertz CT molecular complexity index is 1010. The van der Waals surface area contributed by atoms with Gasteiger partial charge in [0.2, 0.25) is 5.75 Å². The number of pyridine rings is 1. The van der Waals surface area contributed by atoms with Crippen molar-refractivity contribution in [3.05, 3.63) is 63.8 Å². The number of fused-ring (bicyclic) bond motifs is 1. The number of ether oxygens (including phenoxy) is 3. The third-order valence-corrected chi connectivity index (χ3v) is 4.05. The Hall–Kier alpha value is -3.61. The fraction of sp³-hybridized carbons (Fsp3) is 0.150. The number of nitrogens with zero attached hydrogens (tertiary/aromatic N) is 2. The second kappa shape index (κ2) is 7.74. The summed E-state index contributed by atoms with van der Waals surface area (Å²) in [5.74, 6) is 1.59. The zero-order chi connectivity index (χ0) is 19.4. The number of methoxy groups -OCH3 is 3. The lowest BCUT2D eigenvalue weighted by Gasteiger charge is -2.12. The van der Waals surface area contributed by atoms with Crippen LogP contribution in [-0.2, 0) is 0 Å². The molecule has 2 aromatic carbocycles. The van der Waals surface area contributed by atoms with E-state index in [-0.39, 0.29) is 5.69 Å². The Balaban J connectivity index is 2.01. The number of nitro benzene ring substituents is 1. The van der Waals surface area contributed by atoms with Crippen LogP contribution in [0.25, 0.3) is 23.1 Å². The molecule has 1 aromatic heterocycles. The molecule has 0 fully saturated rings. The molecule has 0 spiro atoms. The van der Waals surface area contributed by atoms with Gasteiger partial charge in [0.15, 0.2) is 11.5 Å². The number of hydrogen-bond donors (Lipinski definition) is 0. The number of para-hydroxylation sites is 1. The Morgan fingerprint density at radius 1 is 0.963 bits per heavy atom. The van der Waals surface area contributed by atoms with Crippen LogP contribution in [-0.4, -0.2) is 31.2 Å². The monoisotopic (exact) mass is 366 g/mol. The molecule has 0 radical (unpaired) electrons. The first-order chi connectivity index (χ1) is 13.1. The molecule has 0 saturated heterocycles. The van der Waals surface area contributed by atoms with Gasteiger partial charge in [0.1, 0.15) is 5.52 Å². The van der Waals surface area contributed by atoms with Gasteiger partial charge in [-0.25, -0.2) is 4.98 Å². The lowest BCUT2D eigenvalue weighted by Crippen LogP contribution is -1.95. The van der Waals surface area contributed by atoms with Crippen LogP contribution in [0.1, 0.15) is 11.3 Å². The van der Waals surface area contributed by atoms with E-state index in [0.29, 0.717) is 33.8 Å². The van der Waals surface area contributed by atoms with Gasteiger partial charge in [0.05, 0.1) is 31.9 Å². The molecule has 1 heterocycles. The highest BCUT2D eigenvalue weighted by molar-refractivity contribution is 5.88. The number of rotatable bonds is 6. The summed E-state index contributed by atoms with van der Waals surface area (Å²) < 4.78 is 16.0. The fourth-order valence-electron chi connectivity index (χ4n) is 2.77. The van der Waals surface area contributed by atoms with E-state index in [0.717, 1.165) is 5.56 Å². The first-order valence-corrected chi connectivity index (χ1v) is 8.09. The molecular formula is C20H18N2O5. The molecule has 0 N–H and O–H groups in total. The van der Waals surface area contributed by atoms with E-state index in [9.17, 15) is 10.1 Å². The molecule has 3 rings (SSSR count). The van der Waals surface area contributed by atoms with Crippen molar-refractivity contribution < 1.29 is 19.1 Å². The van der Waals surface area contributed by atoms with E-state index < -0.39 is 4.92 Å². The maximum atomic E-state index is 11.2. The van der Waals surface area contributed by atoms with Crippen molar-refractivity contribution in [1.29, 1.82) is 0 Å². The molecule has 0 amide bonds. The number of nitro groups is 1. The summed E-state index contributed by atoms with van der Waals surface area (Å²) in [5, 5.41) is 11.9. The molecule has 7 nitrogen and oxygen atoms in total. The minimum absolute atomic E-state index is 0.0180. The molecule has 0 aliphatic heterocycles. The van der Waals surface area contributed by atoms with Crippen LogP contribution in [0.4, 0.5) is 5.69 Å². The van der Waals surface area contributed by atoms with Crippen molar-refractivity contribution >= 4 is 28.7 Å². The third-order valence-electron chi connectivity index (χ3n) is 4.05. The van der Waals surface area contributed by atoms with Crippen LogP contribution in [0.5, 0.6) is 17.2 Å². The molecule has 0 unspecified atom stereocenters. The lowest BCUT2D eigenvalue weighted by atomic mass is 10.1. The number of aromatic nitrogens is 1. The summed E-state index contributed by atoms with van der Waals surface area (Å²) in [7, 11) is 4.64. The molecule has 7 heteroatoms. The molecule has 0 bridgehead atoms. The van der Waals surface area contributed by atoms with Crippen LogP contribution >= 0.6 is 0 Å². The normalized spacial score (nSPS) is 10.9. The van der Waals surface area contributed by atoms with Gasteiger partial charge in [-0.15, -0.1) is 0 Å². The van der Waals surface area contributed by atoms with Gasteiger partial charge in [-0.2, -0.15) is 0 Å². The zero-order valence-corrected chi connectivity index (χ0v) is 15.1. The van der Waals surface area contributed by atoms with Crippen molar-refractivity contribution in [3.63, 3.8) is 0 Å². The van der Waals surface area contributed by atoms with E-state index in [2.05, 4.69) is 4.98 Å². The van der Waals surface area contributed by atoms with Gasteiger partial charge in [-0.05, 0) is 29.8 Å². The summed E-state index contributed by atoms with van der Waals surface area (Å²) >= 11 is 0.